The summed E-state index contributed by atoms with van der Waals surface area (Å²) in [5.41, 5.74) is 0.744. The molecule has 0 aromatic heterocycles. The molecule has 3 aromatic carbocycles. The van der Waals surface area contributed by atoms with E-state index in [4.69, 9.17) is 23.2 Å². The molecule has 3 N–H and O–H groups in total. The van der Waals surface area contributed by atoms with Gasteiger partial charge < -0.3 is 10.4 Å². The Labute approximate surface area is 265 Å². The van der Waals surface area contributed by atoms with E-state index in [9.17, 15) is 23.5 Å². The average Bonchev–Trinajstić information content (AvgIpc) is 3.81. The van der Waals surface area contributed by atoms with E-state index in [2.05, 4.69) is 5.32 Å². The summed E-state index contributed by atoms with van der Waals surface area (Å²) in [5.74, 6) is -1.60. The van der Waals surface area contributed by atoms with Gasteiger partial charge in [-0.1, -0.05) is 84.7 Å². The fourth-order valence-corrected chi connectivity index (χ4v) is 8.01. The van der Waals surface area contributed by atoms with E-state index >= 15 is 0 Å². The Balaban J connectivity index is 1.61. The van der Waals surface area contributed by atoms with Crippen LogP contribution in [-0.2, 0) is 32.8 Å². The van der Waals surface area contributed by atoms with Gasteiger partial charge >= 0.3 is 5.97 Å². The number of carboxylic acids is 1. The molecule has 5 atom stereocenters. The quantitative estimate of drug-likeness (QED) is 0.188. The third-order valence-corrected chi connectivity index (χ3v) is 10.4. The molecule has 2 fully saturated rings. The Morgan fingerprint density at radius 1 is 1.05 bits per heavy atom. The minimum Gasteiger partial charge on any atom is -0.481 e. The molecule has 2 aliphatic rings. The molecule has 7 nitrogen and oxygen atoms in total. The van der Waals surface area contributed by atoms with Crippen molar-refractivity contribution >= 4 is 46.3 Å². The maximum atomic E-state index is 13.6. The molecule has 1 saturated carbocycles. The van der Waals surface area contributed by atoms with E-state index in [1.165, 1.54) is 0 Å². The summed E-state index contributed by atoms with van der Waals surface area (Å²) in [4.78, 5) is 25.4. The highest BCUT2D eigenvalue weighted by Crippen LogP contribution is 2.55. The highest BCUT2D eigenvalue weighted by molar-refractivity contribution is 7.76. The van der Waals surface area contributed by atoms with E-state index in [0.717, 1.165) is 29.5 Å². The first kappa shape index (κ1) is 31.7. The van der Waals surface area contributed by atoms with Gasteiger partial charge in [-0.25, -0.2) is 4.21 Å². The molecule has 228 valence electrons. The number of nitrogens with zero attached hydrogens (tertiary/aromatic N) is 1. The number of carboxylic acid groups (broad SMARTS) is 1. The first-order valence-electron chi connectivity index (χ1n) is 14.5. The van der Waals surface area contributed by atoms with Crippen LogP contribution in [0.1, 0.15) is 61.6 Å². The van der Waals surface area contributed by atoms with Crippen molar-refractivity contribution in [1.82, 2.24) is 9.62 Å². The summed E-state index contributed by atoms with van der Waals surface area (Å²) in [6.07, 6.45) is 2.61. The van der Waals surface area contributed by atoms with Gasteiger partial charge in [0.05, 0.1) is 17.4 Å². The molecular weight excluding hydrogens is 607 g/mol. The van der Waals surface area contributed by atoms with Gasteiger partial charge in [-0.3, -0.25) is 14.1 Å². The van der Waals surface area contributed by atoms with E-state index in [0.29, 0.717) is 35.9 Å². The van der Waals surface area contributed by atoms with Crippen LogP contribution in [0.25, 0.3) is 0 Å². The van der Waals surface area contributed by atoms with E-state index in [-0.39, 0.29) is 24.2 Å². The number of carbonyl (C=O) groups is 2. The molecule has 1 amide bonds. The molecule has 10 heteroatoms. The third-order valence-electron chi connectivity index (χ3n) is 9.05. The highest BCUT2D eigenvalue weighted by Gasteiger charge is 2.56. The van der Waals surface area contributed by atoms with Crippen LogP contribution in [0.2, 0.25) is 10.0 Å². The van der Waals surface area contributed by atoms with Crippen LogP contribution in [0.15, 0.2) is 78.9 Å². The molecule has 5 rings (SSSR count). The van der Waals surface area contributed by atoms with Crippen LogP contribution < -0.4 is 5.32 Å². The SMILES string of the molecule is C[C@@]1(CC(=O)O)C[C@H](c2cccc(Cl)c2)[C@H](C[C@@](c2ccc(Cl)cc2)(C2CC2)N(CCc2ccccc2)S(=O)O)NC1=O. The second-order valence-corrected chi connectivity index (χ2v) is 13.8. The van der Waals surface area contributed by atoms with Crippen LogP contribution >= 0.6 is 23.2 Å². The van der Waals surface area contributed by atoms with E-state index < -0.39 is 34.2 Å². The number of benzene rings is 3. The number of rotatable bonds is 12. The largest absolute Gasteiger partial charge is 0.481 e. The first-order valence-corrected chi connectivity index (χ1v) is 16.3. The lowest BCUT2D eigenvalue weighted by atomic mass is 9.66. The molecule has 1 aliphatic heterocycles. The Bertz CT molecular complexity index is 1490. The lowest BCUT2D eigenvalue weighted by Crippen LogP contribution is -2.59. The lowest BCUT2D eigenvalue weighted by Gasteiger charge is -2.49. The molecular formula is C33H36Cl2N2O5S. The molecule has 0 bridgehead atoms. The minimum absolute atomic E-state index is 0.0600. The summed E-state index contributed by atoms with van der Waals surface area (Å²) in [6, 6.07) is 24.2. The topological polar surface area (TPSA) is 107 Å². The number of aliphatic carboxylic acids is 1. The van der Waals surface area contributed by atoms with Crippen LogP contribution in [-0.4, -0.2) is 42.6 Å². The van der Waals surface area contributed by atoms with Crippen molar-refractivity contribution in [2.24, 2.45) is 11.3 Å². The van der Waals surface area contributed by atoms with Gasteiger partial charge in [-0.2, -0.15) is 4.31 Å². The summed E-state index contributed by atoms with van der Waals surface area (Å²) in [5, 5.41) is 13.9. The lowest BCUT2D eigenvalue weighted by molar-refractivity contribution is -0.147. The standard InChI is InChI=1S/C33H36Cl2N2O5S/c1-32(21-30(38)39)19-28(23-8-5-9-27(35)18-23)29(36-31(32)40)20-33(24-10-11-24,25-12-14-26(34)15-13-25)37(43(41)42)17-16-22-6-3-2-4-7-22/h2-9,12-15,18,24,28-29H,10-11,16-17,19-21H2,1H3,(H,36,40)(H,38,39)(H,41,42)/t28-,29+,32+,33+/m1/s1. The molecule has 0 spiro atoms. The predicted octanol–water partition coefficient (Wildman–Crippen LogP) is 6.82. The molecule has 1 aliphatic carbocycles. The van der Waals surface area contributed by atoms with Crippen molar-refractivity contribution in [2.45, 2.75) is 62.9 Å². The number of hydrogen-bond donors (Lipinski definition) is 3. The van der Waals surface area contributed by atoms with Crippen molar-refractivity contribution in [3.63, 3.8) is 0 Å². The number of nitrogens with one attached hydrogen (secondary N) is 1. The van der Waals surface area contributed by atoms with Gasteiger partial charge in [0.1, 0.15) is 0 Å². The Morgan fingerprint density at radius 3 is 2.35 bits per heavy atom. The van der Waals surface area contributed by atoms with Crippen LogP contribution in [0.3, 0.4) is 0 Å². The fourth-order valence-electron chi connectivity index (χ4n) is 6.83. The number of halogens is 2. The van der Waals surface area contributed by atoms with Crippen molar-refractivity contribution in [3.8, 4) is 0 Å². The maximum absolute atomic E-state index is 13.6. The zero-order valence-corrected chi connectivity index (χ0v) is 26.2. The summed E-state index contributed by atoms with van der Waals surface area (Å²) in [6.45, 7) is 2.00. The van der Waals surface area contributed by atoms with Gasteiger partial charge in [0.15, 0.2) is 0 Å². The Hall–Kier alpha value is -2.75. The minimum atomic E-state index is -2.34. The van der Waals surface area contributed by atoms with Crippen LogP contribution in [0, 0.1) is 11.3 Å². The van der Waals surface area contributed by atoms with Gasteiger partial charge in [-0.05, 0) is 79.0 Å². The van der Waals surface area contributed by atoms with Crippen LogP contribution in [0.5, 0.6) is 0 Å². The average molecular weight is 644 g/mol. The van der Waals surface area contributed by atoms with Gasteiger partial charge in [0.2, 0.25) is 17.2 Å². The number of carbonyl (C=O) groups excluding carboxylic acids is 1. The van der Waals surface area contributed by atoms with Crippen molar-refractivity contribution in [1.29, 1.82) is 0 Å². The molecule has 1 saturated heterocycles. The molecule has 1 heterocycles. The first-order chi connectivity index (χ1) is 20.5. The summed E-state index contributed by atoms with van der Waals surface area (Å²) in [7, 11) is 0. The smallest absolute Gasteiger partial charge is 0.304 e. The molecule has 0 radical (unpaired) electrons. The van der Waals surface area contributed by atoms with E-state index in [1.54, 1.807) is 29.4 Å². The van der Waals surface area contributed by atoms with Crippen LogP contribution in [0.4, 0.5) is 0 Å². The van der Waals surface area contributed by atoms with Crippen molar-refractivity contribution in [2.75, 3.05) is 6.54 Å². The second kappa shape index (κ2) is 13.1. The molecule has 43 heavy (non-hydrogen) atoms. The zero-order chi connectivity index (χ0) is 30.8. The fraction of sp³-hybridized carbons (Fsp3) is 0.394. The summed E-state index contributed by atoms with van der Waals surface area (Å²) >= 11 is 10.4. The molecule has 1 unspecified atom stereocenters. The van der Waals surface area contributed by atoms with E-state index in [1.807, 2.05) is 60.7 Å². The number of piperidine rings is 1. The maximum Gasteiger partial charge on any atom is 0.304 e. The number of amides is 1. The second-order valence-electron chi connectivity index (χ2n) is 12.1. The van der Waals surface area contributed by atoms with Gasteiger partial charge in [-0.15, -0.1) is 0 Å². The van der Waals surface area contributed by atoms with Gasteiger partial charge in [0, 0.05) is 28.5 Å². The van der Waals surface area contributed by atoms with Crippen molar-refractivity contribution in [3.05, 3.63) is 106 Å². The highest BCUT2D eigenvalue weighted by atomic mass is 35.5. The summed E-state index contributed by atoms with van der Waals surface area (Å²) < 4.78 is 25.9. The monoisotopic (exact) mass is 642 g/mol. The number of hydrogen-bond acceptors (Lipinski definition) is 3. The zero-order valence-electron chi connectivity index (χ0n) is 23.9. The Morgan fingerprint density at radius 2 is 1.74 bits per heavy atom. The molecule has 3 aromatic rings. The van der Waals surface area contributed by atoms with Gasteiger partial charge in [0.25, 0.3) is 0 Å². The third kappa shape index (κ3) is 6.99. The van der Waals surface area contributed by atoms with Crippen molar-refractivity contribution < 1.29 is 23.5 Å². The predicted molar refractivity (Wildman–Crippen MR) is 169 cm³/mol. The Kier molecular flexibility index (Phi) is 9.64. The normalized spacial score (nSPS) is 24.3.